The van der Waals surface area contributed by atoms with Crippen LogP contribution in [0.4, 0.5) is 4.39 Å². The van der Waals surface area contributed by atoms with Crippen LogP contribution in [-0.4, -0.2) is 8.42 Å². The molecule has 21 heavy (non-hydrogen) atoms. The maximum atomic E-state index is 13.0. The molecule has 0 atom stereocenters. The molecule has 4 nitrogen and oxygen atoms in total. The van der Waals surface area contributed by atoms with Crippen LogP contribution >= 0.6 is 15.9 Å². The summed E-state index contributed by atoms with van der Waals surface area (Å²) in [6.45, 7) is 0.0812. The molecule has 7 heteroatoms. The molecule has 0 bridgehead atoms. The van der Waals surface area contributed by atoms with Gasteiger partial charge in [-0.15, -0.1) is 0 Å². The Balaban J connectivity index is 2.16. The maximum Gasteiger partial charge on any atom is 0.241 e. The molecule has 1 N–H and O–H groups in total. The molecule has 2 aromatic rings. The van der Waals surface area contributed by atoms with Crippen molar-refractivity contribution in [3.63, 3.8) is 0 Å². The minimum Gasteiger partial charge on any atom is -0.207 e. The van der Waals surface area contributed by atoms with Gasteiger partial charge in [0.05, 0.1) is 16.5 Å². The molecule has 0 spiro atoms. The Bertz CT molecular complexity index is 799. The average Bonchev–Trinajstić information content (AvgIpc) is 2.45. The number of nitriles is 1. The second kappa shape index (κ2) is 6.35. The van der Waals surface area contributed by atoms with Gasteiger partial charge < -0.3 is 0 Å². The van der Waals surface area contributed by atoms with E-state index in [1.165, 1.54) is 6.07 Å². The zero-order valence-corrected chi connectivity index (χ0v) is 13.1. The lowest BCUT2D eigenvalue weighted by atomic mass is 10.1. The standard InChI is InChI=1S/C14H10BrFN2O2S/c15-13-7-12(16)5-6-14(13)21(19,20)18-9-11-3-1-10(8-17)2-4-11/h1-7,18H,9H2. The van der Waals surface area contributed by atoms with Crippen LogP contribution in [0, 0.1) is 17.1 Å². The van der Waals surface area contributed by atoms with Gasteiger partial charge in [-0.2, -0.15) is 5.26 Å². The SMILES string of the molecule is N#Cc1ccc(CNS(=O)(=O)c2ccc(F)cc2Br)cc1. The van der Waals surface area contributed by atoms with E-state index in [9.17, 15) is 12.8 Å². The second-order valence-electron chi connectivity index (χ2n) is 4.21. The molecule has 0 aliphatic rings. The first-order valence-electron chi connectivity index (χ1n) is 5.86. The van der Waals surface area contributed by atoms with E-state index < -0.39 is 15.8 Å². The van der Waals surface area contributed by atoms with E-state index in [2.05, 4.69) is 20.7 Å². The van der Waals surface area contributed by atoms with Gasteiger partial charge in [0.2, 0.25) is 10.0 Å². The van der Waals surface area contributed by atoms with Crippen LogP contribution in [0.2, 0.25) is 0 Å². The van der Waals surface area contributed by atoms with Gasteiger partial charge in [0.25, 0.3) is 0 Å². The third-order valence-corrected chi connectivity index (χ3v) is 5.11. The summed E-state index contributed by atoms with van der Waals surface area (Å²) >= 11 is 3.03. The lowest BCUT2D eigenvalue weighted by Crippen LogP contribution is -2.23. The van der Waals surface area contributed by atoms with Crippen molar-refractivity contribution < 1.29 is 12.8 Å². The summed E-state index contributed by atoms with van der Waals surface area (Å²) in [4.78, 5) is -0.0301. The molecular formula is C14H10BrFN2O2S. The number of hydrogen-bond donors (Lipinski definition) is 1. The van der Waals surface area contributed by atoms with Gasteiger partial charge >= 0.3 is 0 Å². The number of rotatable bonds is 4. The Hall–Kier alpha value is -1.75. The highest BCUT2D eigenvalue weighted by molar-refractivity contribution is 9.10. The number of hydrogen-bond acceptors (Lipinski definition) is 3. The largest absolute Gasteiger partial charge is 0.241 e. The van der Waals surface area contributed by atoms with Crippen LogP contribution < -0.4 is 4.72 Å². The Labute approximate surface area is 130 Å². The molecule has 0 amide bonds. The Kier molecular flexibility index (Phi) is 4.73. The van der Waals surface area contributed by atoms with Gasteiger partial charge in [-0.1, -0.05) is 12.1 Å². The van der Waals surface area contributed by atoms with E-state index in [0.717, 1.165) is 17.7 Å². The maximum absolute atomic E-state index is 13.0. The summed E-state index contributed by atoms with van der Waals surface area (Å²) < 4.78 is 39.9. The van der Waals surface area contributed by atoms with Gasteiger partial charge in [0.15, 0.2) is 0 Å². The predicted octanol–water partition coefficient (Wildman–Crippen LogP) is 2.94. The number of benzene rings is 2. The van der Waals surface area contributed by atoms with Crippen molar-refractivity contribution in [2.75, 3.05) is 0 Å². The molecule has 0 fully saturated rings. The normalized spacial score (nSPS) is 11.1. The number of nitrogens with one attached hydrogen (secondary N) is 1. The van der Waals surface area contributed by atoms with Crippen molar-refractivity contribution in [2.24, 2.45) is 0 Å². The molecule has 0 saturated carbocycles. The predicted molar refractivity (Wildman–Crippen MR) is 79.3 cm³/mol. The third-order valence-electron chi connectivity index (χ3n) is 2.73. The molecule has 0 unspecified atom stereocenters. The van der Waals surface area contributed by atoms with E-state index in [0.29, 0.717) is 5.56 Å². The van der Waals surface area contributed by atoms with Gasteiger partial charge in [0.1, 0.15) is 5.82 Å². The van der Waals surface area contributed by atoms with E-state index >= 15 is 0 Å². The summed E-state index contributed by atoms with van der Waals surface area (Å²) in [6.07, 6.45) is 0. The Morgan fingerprint density at radius 1 is 1.19 bits per heavy atom. The zero-order chi connectivity index (χ0) is 15.5. The summed E-state index contributed by atoms with van der Waals surface area (Å²) in [7, 11) is -3.75. The van der Waals surface area contributed by atoms with Crippen molar-refractivity contribution in [3.8, 4) is 6.07 Å². The third kappa shape index (κ3) is 3.88. The van der Waals surface area contributed by atoms with Gasteiger partial charge in [-0.05, 0) is 51.8 Å². The van der Waals surface area contributed by atoms with Gasteiger partial charge in [-0.3, -0.25) is 0 Å². The van der Waals surface area contributed by atoms with Crippen molar-refractivity contribution in [3.05, 3.63) is 63.9 Å². The van der Waals surface area contributed by atoms with Gasteiger partial charge in [-0.25, -0.2) is 17.5 Å². The van der Waals surface area contributed by atoms with Gasteiger partial charge in [0, 0.05) is 11.0 Å². The van der Waals surface area contributed by atoms with Crippen LogP contribution in [0.3, 0.4) is 0 Å². The molecule has 108 valence electrons. The first kappa shape index (κ1) is 15.6. The molecule has 0 aromatic heterocycles. The van der Waals surface area contributed by atoms with Crippen molar-refractivity contribution in [1.29, 1.82) is 5.26 Å². The van der Waals surface area contributed by atoms with E-state index in [4.69, 9.17) is 5.26 Å². The summed E-state index contributed by atoms with van der Waals surface area (Å²) in [5.74, 6) is -0.520. The van der Waals surface area contributed by atoms with Crippen LogP contribution in [0.1, 0.15) is 11.1 Å². The molecule has 0 aliphatic heterocycles. The molecule has 2 rings (SSSR count). The van der Waals surface area contributed by atoms with Crippen LogP contribution in [0.25, 0.3) is 0 Å². The quantitative estimate of drug-likeness (QED) is 0.901. The van der Waals surface area contributed by atoms with Crippen LogP contribution in [0.15, 0.2) is 51.8 Å². The molecule has 0 heterocycles. The highest BCUT2D eigenvalue weighted by Crippen LogP contribution is 2.22. The fraction of sp³-hybridized carbons (Fsp3) is 0.0714. The second-order valence-corrected chi connectivity index (χ2v) is 6.80. The summed E-state index contributed by atoms with van der Waals surface area (Å²) in [5.41, 5.74) is 1.22. The monoisotopic (exact) mass is 368 g/mol. The highest BCUT2D eigenvalue weighted by Gasteiger charge is 2.17. The van der Waals surface area contributed by atoms with Crippen molar-refractivity contribution in [1.82, 2.24) is 4.72 Å². The first-order chi connectivity index (χ1) is 9.92. The van der Waals surface area contributed by atoms with Crippen LogP contribution in [0.5, 0.6) is 0 Å². The molecular weight excluding hydrogens is 359 g/mol. The Morgan fingerprint density at radius 3 is 2.43 bits per heavy atom. The molecule has 0 aliphatic carbocycles. The molecule has 0 saturated heterocycles. The lowest BCUT2D eigenvalue weighted by molar-refractivity contribution is 0.579. The van der Waals surface area contributed by atoms with Crippen molar-refractivity contribution in [2.45, 2.75) is 11.4 Å². The fourth-order valence-electron chi connectivity index (χ4n) is 1.65. The number of nitrogens with zero attached hydrogens (tertiary/aromatic N) is 1. The topological polar surface area (TPSA) is 70.0 Å². The average molecular weight is 369 g/mol. The van der Waals surface area contributed by atoms with E-state index in [1.54, 1.807) is 24.3 Å². The van der Waals surface area contributed by atoms with E-state index in [-0.39, 0.29) is 15.9 Å². The molecule has 0 radical (unpaired) electrons. The smallest absolute Gasteiger partial charge is 0.207 e. The Morgan fingerprint density at radius 2 is 1.86 bits per heavy atom. The zero-order valence-electron chi connectivity index (χ0n) is 10.7. The minimum atomic E-state index is -3.75. The van der Waals surface area contributed by atoms with Crippen LogP contribution in [-0.2, 0) is 16.6 Å². The lowest BCUT2D eigenvalue weighted by Gasteiger charge is -2.08. The molecule has 2 aromatic carbocycles. The highest BCUT2D eigenvalue weighted by atomic mass is 79.9. The number of sulfonamides is 1. The first-order valence-corrected chi connectivity index (χ1v) is 8.14. The van der Waals surface area contributed by atoms with Crippen molar-refractivity contribution >= 4 is 26.0 Å². The number of halogens is 2. The summed E-state index contributed by atoms with van der Waals surface area (Å²) in [5, 5.41) is 8.69. The fourth-order valence-corrected chi connectivity index (χ4v) is 3.71. The van der Waals surface area contributed by atoms with E-state index in [1.807, 2.05) is 6.07 Å². The summed E-state index contributed by atoms with van der Waals surface area (Å²) in [6, 6.07) is 11.9. The minimum absolute atomic E-state index is 0.0301.